The highest BCUT2D eigenvalue weighted by atomic mass is 35.5. The molecule has 4 nitrogen and oxygen atoms in total. The third kappa shape index (κ3) is 4.33. The van der Waals surface area contributed by atoms with Gasteiger partial charge in [0.25, 0.3) is 5.91 Å². The zero-order valence-electron chi connectivity index (χ0n) is 11.1. The molecule has 0 bridgehead atoms. The fourth-order valence-corrected chi connectivity index (χ4v) is 2.07. The third-order valence-electron chi connectivity index (χ3n) is 2.98. The molecule has 2 aromatic rings. The molecule has 0 aliphatic heterocycles. The fraction of sp³-hybridized carbons (Fsp3) is 0.125. The van der Waals surface area contributed by atoms with Gasteiger partial charge in [0.15, 0.2) is 0 Å². The Morgan fingerprint density at radius 3 is 2.24 bits per heavy atom. The summed E-state index contributed by atoms with van der Waals surface area (Å²) in [5.74, 6) is -1.57. The molecule has 0 heterocycles. The second-order valence-electron chi connectivity index (χ2n) is 4.52. The van der Waals surface area contributed by atoms with Crippen LogP contribution in [0.5, 0.6) is 0 Å². The lowest BCUT2D eigenvalue weighted by molar-refractivity contribution is -0.306. The molecule has 0 fully saturated rings. The smallest absolute Gasteiger partial charge is 0.251 e. The number of amides is 1. The highest BCUT2D eigenvalue weighted by Crippen LogP contribution is 2.19. The molecule has 0 aliphatic rings. The Balaban J connectivity index is 2.18. The van der Waals surface area contributed by atoms with Crippen molar-refractivity contribution >= 4 is 23.5 Å². The summed E-state index contributed by atoms with van der Waals surface area (Å²) < 4.78 is 0. The summed E-state index contributed by atoms with van der Waals surface area (Å²) in [7, 11) is 0. The number of halogens is 1. The lowest BCUT2D eigenvalue weighted by Gasteiger charge is -2.20. The van der Waals surface area contributed by atoms with Gasteiger partial charge in [0, 0.05) is 23.0 Å². The van der Waals surface area contributed by atoms with Gasteiger partial charge in [-0.25, -0.2) is 0 Å². The molecular formula is C16H13ClNO3-. The van der Waals surface area contributed by atoms with Crippen molar-refractivity contribution in [3.05, 3.63) is 70.7 Å². The van der Waals surface area contributed by atoms with Gasteiger partial charge in [-0.2, -0.15) is 0 Å². The Hall–Kier alpha value is -2.33. The van der Waals surface area contributed by atoms with Crippen LogP contribution >= 0.6 is 11.6 Å². The largest absolute Gasteiger partial charge is 0.550 e. The minimum Gasteiger partial charge on any atom is -0.550 e. The number of hydrogen-bond acceptors (Lipinski definition) is 3. The van der Waals surface area contributed by atoms with Gasteiger partial charge in [-0.3, -0.25) is 4.79 Å². The number of benzene rings is 2. The van der Waals surface area contributed by atoms with E-state index in [9.17, 15) is 14.7 Å². The lowest BCUT2D eigenvalue weighted by atomic mass is 10.0. The van der Waals surface area contributed by atoms with E-state index in [1.807, 2.05) is 0 Å². The topological polar surface area (TPSA) is 69.2 Å². The van der Waals surface area contributed by atoms with Gasteiger partial charge in [0.2, 0.25) is 0 Å². The van der Waals surface area contributed by atoms with Crippen LogP contribution in [0.3, 0.4) is 0 Å². The fourth-order valence-electron chi connectivity index (χ4n) is 1.95. The lowest BCUT2D eigenvalue weighted by Crippen LogP contribution is -2.34. The number of carbonyl (C=O) groups is 2. The van der Waals surface area contributed by atoms with Crippen molar-refractivity contribution in [3.63, 3.8) is 0 Å². The van der Waals surface area contributed by atoms with Crippen molar-refractivity contribution in [2.75, 3.05) is 0 Å². The molecule has 1 amide bonds. The Kier molecular flexibility index (Phi) is 4.95. The third-order valence-corrected chi connectivity index (χ3v) is 3.24. The summed E-state index contributed by atoms with van der Waals surface area (Å²) in [5, 5.41) is 14.1. The molecule has 0 spiro atoms. The second kappa shape index (κ2) is 6.90. The molecule has 21 heavy (non-hydrogen) atoms. The summed E-state index contributed by atoms with van der Waals surface area (Å²) in [6.45, 7) is 0. The Morgan fingerprint density at radius 2 is 1.67 bits per heavy atom. The van der Waals surface area contributed by atoms with E-state index in [-0.39, 0.29) is 12.3 Å². The van der Waals surface area contributed by atoms with Gasteiger partial charge in [0.1, 0.15) is 0 Å². The molecule has 1 N–H and O–H groups in total. The minimum absolute atomic E-state index is 0.305. The number of aliphatic carboxylic acids is 1. The first kappa shape index (κ1) is 15.1. The summed E-state index contributed by atoms with van der Waals surface area (Å²) in [6, 6.07) is 14.6. The van der Waals surface area contributed by atoms with Crippen LogP contribution in [-0.4, -0.2) is 11.9 Å². The van der Waals surface area contributed by atoms with Gasteiger partial charge in [-0.05, 0) is 29.8 Å². The molecule has 2 aromatic carbocycles. The van der Waals surface area contributed by atoms with Gasteiger partial charge in [-0.1, -0.05) is 41.9 Å². The molecule has 5 heteroatoms. The van der Waals surface area contributed by atoms with E-state index in [1.165, 1.54) is 0 Å². The maximum Gasteiger partial charge on any atom is 0.251 e. The van der Waals surface area contributed by atoms with Crippen molar-refractivity contribution in [2.45, 2.75) is 12.5 Å². The number of rotatable bonds is 5. The van der Waals surface area contributed by atoms with E-state index in [2.05, 4.69) is 5.32 Å². The number of carboxylic acids is 1. The van der Waals surface area contributed by atoms with Crippen LogP contribution in [0.2, 0.25) is 5.02 Å². The van der Waals surface area contributed by atoms with Gasteiger partial charge in [0.05, 0.1) is 6.04 Å². The summed E-state index contributed by atoms with van der Waals surface area (Å²) in [5.41, 5.74) is 1.13. The quantitative estimate of drug-likeness (QED) is 0.918. The molecule has 0 aliphatic carbocycles. The molecular weight excluding hydrogens is 290 g/mol. The van der Waals surface area contributed by atoms with Crippen LogP contribution in [0.25, 0.3) is 0 Å². The van der Waals surface area contributed by atoms with E-state index in [0.29, 0.717) is 16.1 Å². The average Bonchev–Trinajstić information content (AvgIpc) is 2.48. The van der Waals surface area contributed by atoms with Crippen molar-refractivity contribution in [3.8, 4) is 0 Å². The standard InChI is InChI=1S/C16H14ClNO3/c17-13-8-6-11(7-9-13)14(10-15(19)20)18-16(21)12-4-2-1-3-5-12/h1-9,14H,10H2,(H,18,21)(H,19,20)/p-1/t14-/m0/s1. The summed E-state index contributed by atoms with van der Waals surface area (Å²) in [6.07, 6.45) is -0.305. The van der Waals surface area contributed by atoms with Crippen molar-refractivity contribution in [2.24, 2.45) is 0 Å². The SMILES string of the molecule is O=C([O-])C[C@H](NC(=O)c1ccccc1)c1ccc(Cl)cc1. The molecule has 2 rings (SSSR count). The van der Waals surface area contributed by atoms with E-state index in [0.717, 1.165) is 0 Å². The summed E-state index contributed by atoms with van der Waals surface area (Å²) >= 11 is 5.81. The van der Waals surface area contributed by atoms with Gasteiger partial charge in [-0.15, -0.1) is 0 Å². The Labute approximate surface area is 127 Å². The zero-order chi connectivity index (χ0) is 15.2. The second-order valence-corrected chi connectivity index (χ2v) is 4.96. The highest BCUT2D eigenvalue weighted by Gasteiger charge is 2.16. The van der Waals surface area contributed by atoms with Gasteiger partial charge >= 0.3 is 0 Å². The van der Waals surface area contributed by atoms with Crippen molar-refractivity contribution < 1.29 is 14.7 Å². The minimum atomic E-state index is -1.23. The molecule has 0 aromatic heterocycles. The van der Waals surface area contributed by atoms with E-state index < -0.39 is 12.0 Å². The molecule has 0 saturated carbocycles. The first-order chi connectivity index (χ1) is 10.1. The number of carbonyl (C=O) groups excluding carboxylic acids is 2. The van der Waals surface area contributed by atoms with Crippen LogP contribution in [-0.2, 0) is 4.79 Å². The Morgan fingerprint density at radius 1 is 1.05 bits per heavy atom. The van der Waals surface area contributed by atoms with Crippen LogP contribution in [0.1, 0.15) is 28.4 Å². The predicted octanol–water partition coefficient (Wildman–Crippen LogP) is 1.95. The predicted molar refractivity (Wildman–Crippen MR) is 77.7 cm³/mol. The zero-order valence-corrected chi connectivity index (χ0v) is 11.8. The maximum atomic E-state index is 12.1. The molecule has 108 valence electrons. The van der Waals surface area contributed by atoms with Crippen LogP contribution < -0.4 is 10.4 Å². The first-order valence-corrected chi connectivity index (χ1v) is 6.75. The van der Waals surface area contributed by atoms with Crippen LogP contribution in [0.4, 0.5) is 0 Å². The maximum absolute atomic E-state index is 12.1. The Bertz CT molecular complexity index is 626. The summed E-state index contributed by atoms with van der Waals surface area (Å²) in [4.78, 5) is 23.0. The average molecular weight is 303 g/mol. The van der Waals surface area contributed by atoms with E-state index >= 15 is 0 Å². The number of nitrogens with one attached hydrogen (secondary N) is 1. The van der Waals surface area contributed by atoms with E-state index in [1.54, 1.807) is 54.6 Å². The van der Waals surface area contributed by atoms with Crippen molar-refractivity contribution in [1.29, 1.82) is 0 Å². The monoisotopic (exact) mass is 302 g/mol. The number of hydrogen-bond donors (Lipinski definition) is 1. The molecule has 0 radical (unpaired) electrons. The molecule has 0 saturated heterocycles. The van der Waals surface area contributed by atoms with Crippen LogP contribution in [0, 0.1) is 0 Å². The normalized spacial score (nSPS) is 11.7. The van der Waals surface area contributed by atoms with Gasteiger partial charge < -0.3 is 15.2 Å². The number of carboxylic acid groups (broad SMARTS) is 1. The molecule has 0 unspecified atom stereocenters. The van der Waals surface area contributed by atoms with E-state index in [4.69, 9.17) is 11.6 Å². The molecule has 1 atom stereocenters. The van der Waals surface area contributed by atoms with Crippen LogP contribution in [0.15, 0.2) is 54.6 Å². The highest BCUT2D eigenvalue weighted by molar-refractivity contribution is 6.30. The van der Waals surface area contributed by atoms with Crippen molar-refractivity contribution in [1.82, 2.24) is 5.32 Å². The first-order valence-electron chi connectivity index (χ1n) is 6.37.